The fraction of sp³-hybridized carbons (Fsp3) is 0.120. The summed E-state index contributed by atoms with van der Waals surface area (Å²) in [5, 5.41) is 48.1. The van der Waals surface area contributed by atoms with E-state index in [2.05, 4.69) is 16.0 Å². The van der Waals surface area contributed by atoms with E-state index >= 15 is 0 Å². The van der Waals surface area contributed by atoms with Gasteiger partial charge in [-0.1, -0.05) is 0 Å². The molecule has 0 radical (unpaired) electrons. The lowest BCUT2D eigenvalue weighted by atomic mass is 9.82. The Morgan fingerprint density at radius 2 is 1.32 bits per heavy atom. The second-order valence-electron chi connectivity index (χ2n) is 8.20. The molecule has 3 aromatic rings. The summed E-state index contributed by atoms with van der Waals surface area (Å²) in [7, 11) is 0. The highest BCUT2D eigenvalue weighted by Crippen LogP contribution is 2.39. The van der Waals surface area contributed by atoms with Crippen LogP contribution in [0.4, 0.5) is 22.7 Å². The largest absolute Gasteiger partial charge is 0.769 e. The molecule has 1 aliphatic heterocycles. The summed E-state index contributed by atoms with van der Waals surface area (Å²) >= 11 is 0. The molecule has 2 amide bonds. The molecule has 37 heavy (non-hydrogen) atoms. The number of benzene rings is 2. The van der Waals surface area contributed by atoms with Crippen molar-refractivity contribution in [3.05, 3.63) is 106 Å². The molecule has 0 saturated heterocycles. The van der Waals surface area contributed by atoms with Crippen LogP contribution in [0.25, 0.3) is 0 Å². The summed E-state index contributed by atoms with van der Waals surface area (Å²) in [6.45, 7) is 3.41. The Balaban J connectivity index is 1.64. The van der Waals surface area contributed by atoms with Crippen molar-refractivity contribution >= 4 is 34.6 Å². The molecule has 2 aromatic carbocycles. The average Bonchev–Trinajstić information content (AvgIpc) is 3.39. The van der Waals surface area contributed by atoms with E-state index in [-0.39, 0.29) is 27.7 Å². The fourth-order valence-electron chi connectivity index (χ4n) is 4.08. The number of rotatable bonds is 7. The first kappa shape index (κ1) is 25.5. The van der Waals surface area contributed by atoms with Gasteiger partial charge in [0, 0.05) is 28.5 Å². The predicted octanol–water partition coefficient (Wildman–Crippen LogP) is 4.18. The Kier molecular flexibility index (Phi) is 7.27. The van der Waals surface area contributed by atoms with Crippen molar-refractivity contribution in [3.63, 3.8) is 0 Å². The van der Waals surface area contributed by atoms with Crippen LogP contribution < -0.4 is 26.4 Å². The Labute approximate surface area is 211 Å². The summed E-state index contributed by atoms with van der Waals surface area (Å²) in [5.41, 5.74) is 2.20. The van der Waals surface area contributed by atoms with E-state index < -0.39 is 23.0 Å². The van der Waals surface area contributed by atoms with Gasteiger partial charge in [-0.05, 0) is 74.5 Å². The number of allylic oxidation sites excluding steroid dienone is 2. The van der Waals surface area contributed by atoms with Crippen LogP contribution in [0.2, 0.25) is 0 Å². The van der Waals surface area contributed by atoms with Crippen molar-refractivity contribution in [2.75, 3.05) is 21.1 Å². The first-order valence-electron chi connectivity index (χ1n) is 11.0. The minimum absolute atomic E-state index is 0.0420. The van der Waals surface area contributed by atoms with Gasteiger partial charge in [0.2, 0.25) is 0 Å². The number of anilines is 4. The highest BCUT2D eigenvalue weighted by Gasteiger charge is 2.38. The van der Waals surface area contributed by atoms with Crippen LogP contribution in [0, 0.1) is 10.4 Å². The lowest BCUT2D eigenvalue weighted by molar-refractivity contribution is -0.113. The van der Waals surface area contributed by atoms with Crippen molar-refractivity contribution in [1.82, 2.24) is 5.32 Å². The Bertz CT molecular complexity index is 1260. The first-order chi connectivity index (χ1) is 17.7. The van der Waals surface area contributed by atoms with Crippen molar-refractivity contribution in [2.24, 2.45) is 0 Å². The summed E-state index contributed by atoms with van der Waals surface area (Å²) in [4.78, 5) is 26.9. The standard InChI is InChI=1S/C25H23N5O7/c1-14-21(24(31)27-16-5-9-18(10-6-16)29(33)34)23(20-4-3-13-37-20)22(15(2)26-14)25(32)28-17-7-11-19(12-8-17)30(35)36/h3-13,23,26,33-34H,1-2H3,(H,27,31)(H,28,32)/q-2. The second kappa shape index (κ2) is 10.6. The number of dihydropyridines is 1. The van der Waals surface area contributed by atoms with Gasteiger partial charge < -0.3 is 36.0 Å². The lowest BCUT2D eigenvalue weighted by Gasteiger charge is -2.37. The van der Waals surface area contributed by atoms with Crippen LogP contribution in [-0.2, 0) is 9.59 Å². The van der Waals surface area contributed by atoms with Crippen molar-refractivity contribution < 1.29 is 24.4 Å². The van der Waals surface area contributed by atoms with Crippen LogP contribution in [0.5, 0.6) is 0 Å². The molecule has 0 aliphatic carbocycles. The zero-order valence-corrected chi connectivity index (χ0v) is 19.8. The summed E-state index contributed by atoms with van der Waals surface area (Å²) < 4.78 is 5.62. The summed E-state index contributed by atoms with van der Waals surface area (Å²) in [5.74, 6) is -1.52. The molecule has 0 bridgehead atoms. The molecule has 0 fully saturated rings. The minimum atomic E-state index is -0.862. The molecule has 192 valence electrons. The van der Waals surface area contributed by atoms with Crippen LogP contribution in [0.1, 0.15) is 25.5 Å². The number of hydrogen-bond donors (Lipinski definition) is 5. The highest BCUT2D eigenvalue weighted by molar-refractivity contribution is 6.11. The third-order valence-electron chi connectivity index (χ3n) is 5.77. The SMILES string of the molecule is CC1=C(C(=O)Nc2ccc(N([O-])[O-])cc2)C(c2ccco2)C(C(=O)Nc2ccc(N(O)O)cc2)=C(C)N1. The van der Waals surface area contributed by atoms with Crippen molar-refractivity contribution in [2.45, 2.75) is 19.8 Å². The highest BCUT2D eigenvalue weighted by atomic mass is 16.8. The van der Waals surface area contributed by atoms with Gasteiger partial charge in [0.15, 0.2) is 0 Å². The van der Waals surface area contributed by atoms with E-state index in [4.69, 9.17) is 14.8 Å². The monoisotopic (exact) mass is 505 g/mol. The Morgan fingerprint density at radius 3 is 1.73 bits per heavy atom. The molecule has 12 heteroatoms. The topological polar surface area (TPSA) is 176 Å². The molecule has 1 aliphatic rings. The van der Waals surface area contributed by atoms with Gasteiger partial charge in [-0.15, -0.1) is 5.23 Å². The van der Waals surface area contributed by atoms with Crippen LogP contribution in [0.15, 0.2) is 93.9 Å². The number of hydrogen-bond acceptors (Lipinski definition) is 10. The average molecular weight is 505 g/mol. The molecule has 0 spiro atoms. The maximum atomic E-state index is 13.5. The minimum Gasteiger partial charge on any atom is -0.769 e. The van der Waals surface area contributed by atoms with E-state index in [0.29, 0.717) is 28.5 Å². The zero-order valence-electron chi connectivity index (χ0n) is 19.8. The van der Waals surface area contributed by atoms with E-state index in [1.165, 1.54) is 54.8 Å². The molecule has 12 nitrogen and oxygen atoms in total. The van der Waals surface area contributed by atoms with Gasteiger partial charge in [0.05, 0.1) is 29.0 Å². The summed E-state index contributed by atoms with van der Waals surface area (Å²) in [6, 6.07) is 14.5. The van der Waals surface area contributed by atoms with E-state index in [1.807, 2.05) is 0 Å². The molecule has 1 aromatic heterocycles. The number of nitrogens with one attached hydrogen (secondary N) is 3. The van der Waals surface area contributed by atoms with Gasteiger partial charge in [-0.2, -0.15) is 0 Å². The number of furan rings is 1. The molecule has 1 unspecified atom stereocenters. The molecular weight excluding hydrogens is 482 g/mol. The zero-order chi connectivity index (χ0) is 26.7. The predicted molar refractivity (Wildman–Crippen MR) is 135 cm³/mol. The Hall–Kier alpha value is -4.62. The van der Waals surface area contributed by atoms with Crippen LogP contribution in [0.3, 0.4) is 0 Å². The number of carbonyl (C=O) groups excluding carboxylic acids is 2. The second-order valence-corrected chi connectivity index (χ2v) is 8.20. The smallest absolute Gasteiger partial charge is 0.254 e. The van der Waals surface area contributed by atoms with Crippen molar-refractivity contribution in [1.29, 1.82) is 0 Å². The molecular formula is C25H23N5O7-2. The summed E-state index contributed by atoms with van der Waals surface area (Å²) in [6.07, 6.45) is 1.44. The molecule has 2 heterocycles. The van der Waals surface area contributed by atoms with Gasteiger partial charge in [0.1, 0.15) is 5.76 Å². The van der Waals surface area contributed by atoms with Gasteiger partial charge >= 0.3 is 0 Å². The number of amides is 2. The van der Waals surface area contributed by atoms with Gasteiger partial charge in [0.25, 0.3) is 11.8 Å². The third-order valence-corrected chi connectivity index (χ3v) is 5.77. The first-order valence-corrected chi connectivity index (χ1v) is 11.0. The van der Waals surface area contributed by atoms with E-state index in [0.717, 1.165) is 0 Å². The molecule has 1 atom stereocenters. The van der Waals surface area contributed by atoms with Crippen LogP contribution in [-0.4, -0.2) is 22.2 Å². The number of nitrogens with zero attached hydrogens (tertiary/aromatic N) is 2. The fourth-order valence-corrected chi connectivity index (χ4v) is 4.08. The Morgan fingerprint density at radius 1 is 0.838 bits per heavy atom. The van der Waals surface area contributed by atoms with Gasteiger partial charge in [-0.3, -0.25) is 20.0 Å². The molecule has 5 N–H and O–H groups in total. The molecule has 4 rings (SSSR count). The quantitative estimate of drug-likeness (QED) is 0.293. The maximum Gasteiger partial charge on any atom is 0.254 e. The van der Waals surface area contributed by atoms with E-state index in [1.54, 1.807) is 26.0 Å². The van der Waals surface area contributed by atoms with E-state index in [9.17, 15) is 20.0 Å². The van der Waals surface area contributed by atoms with Gasteiger partial charge in [-0.25, -0.2) is 0 Å². The lowest BCUT2D eigenvalue weighted by Crippen LogP contribution is -2.34. The van der Waals surface area contributed by atoms with Crippen molar-refractivity contribution in [3.8, 4) is 0 Å². The maximum absolute atomic E-state index is 13.5. The molecule has 0 saturated carbocycles. The normalized spacial score (nSPS) is 15.2. The third kappa shape index (κ3) is 5.47. The van der Waals surface area contributed by atoms with Crippen LogP contribution >= 0.6 is 0 Å². The number of carbonyl (C=O) groups is 2.